The number of nitriles is 2. The molecule has 0 aliphatic heterocycles. The van der Waals surface area contributed by atoms with Gasteiger partial charge in [0.2, 0.25) is 0 Å². The fourth-order valence-electron chi connectivity index (χ4n) is 1.90. The maximum atomic E-state index is 9.31. The van der Waals surface area contributed by atoms with Gasteiger partial charge in [0.05, 0.1) is 14.2 Å². The average molecular weight is 328 g/mol. The van der Waals surface area contributed by atoms with Crippen LogP contribution in [-0.2, 0) is 6.54 Å². The first kappa shape index (κ1) is 19.2. The Morgan fingerprint density at radius 2 is 1.58 bits per heavy atom. The van der Waals surface area contributed by atoms with E-state index in [0.29, 0.717) is 24.6 Å². The summed E-state index contributed by atoms with van der Waals surface area (Å²) in [5, 5.41) is 24.6. The van der Waals surface area contributed by atoms with Crippen LogP contribution in [0, 0.1) is 28.1 Å². The standard InChI is InChI=1S/C18H24N4O2/c1-18(2,3)12-22-15(10-20)14(9-19)21-11-13-6-7-16(23-4)17(8-13)24-5/h6-8,21-22H,11-12H2,1-5H3/b15-14+. The lowest BCUT2D eigenvalue weighted by molar-refractivity contribution is 0.354. The van der Waals surface area contributed by atoms with E-state index in [2.05, 4.69) is 31.4 Å². The van der Waals surface area contributed by atoms with Crippen LogP contribution in [0.2, 0.25) is 0 Å². The Hall–Kier alpha value is -2.86. The molecule has 0 unspecified atom stereocenters. The van der Waals surface area contributed by atoms with Crippen LogP contribution in [0.3, 0.4) is 0 Å². The van der Waals surface area contributed by atoms with Crippen molar-refractivity contribution in [2.45, 2.75) is 27.3 Å². The minimum absolute atomic E-state index is 0.00597. The van der Waals surface area contributed by atoms with Crippen molar-refractivity contribution in [2.24, 2.45) is 5.41 Å². The van der Waals surface area contributed by atoms with Crippen LogP contribution in [0.25, 0.3) is 0 Å². The molecule has 0 aliphatic carbocycles. The molecule has 0 saturated heterocycles. The van der Waals surface area contributed by atoms with Crippen molar-refractivity contribution in [1.29, 1.82) is 10.5 Å². The van der Waals surface area contributed by atoms with Crippen LogP contribution in [0.15, 0.2) is 29.6 Å². The van der Waals surface area contributed by atoms with Gasteiger partial charge in [-0.2, -0.15) is 10.5 Å². The van der Waals surface area contributed by atoms with Crippen molar-refractivity contribution >= 4 is 0 Å². The lowest BCUT2D eigenvalue weighted by Gasteiger charge is -2.19. The summed E-state index contributed by atoms with van der Waals surface area (Å²) in [6, 6.07) is 9.58. The van der Waals surface area contributed by atoms with Crippen LogP contribution in [-0.4, -0.2) is 20.8 Å². The van der Waals surface area contributed by atoms with Gasteiger partial charge in [-0.05, 0) is 23.1 Å². The van der Waals surface area contributed by atoms with Crippen LogP contribution in [0.1, 0.15) is 26.3 Å². The normalized spacial score (nSPS) is 11.6. The summed E-state index contributed by atoms with van der Waals surface area (Å²) < 4.78 is 10.5. The highest BCUT2D eigenvalue weighted by Crippen LogP contribution is 2.27. The third-order valence-electron chi connectivity index (χ3n) is 3.19. The van der Waals surface area contributed by atoms with E-state index in [1.807, 2.05) is 24.3 Å². The fraction of sp³-hybridized carbons (Fsp3) is 0.444. The van der Waals surface area contributed by atoms with Crippen molar-refractivity contribution in [1.82, 2.24) is 10.6 Å². The number of hydrogen-bond donors (Lipinski definition) is 2. The number of methoxy groups -OCH3 is 2. The molecule has 24 heavy (non-hydrogen) atoms. The Bertz CT molecular complexity index is 676. The molecule has 6 nitrogen and oxygen atoms in total. The predicted molar refractivity (Wildman–Crippen MR) is 92.1 cm³/mol. The molecule has 0 fully saturated rings. The van der Waals surface area contributed by atoms with Gasteiger partial charge in [0.1, 0.15) is 23.5 Å². The number of ether oxygens (including phenoxy) is 2. The summed E-state index contributed by atoms with van der Waals surface area (Å²) in [5.41, 5.74) is 1.38. The van der Waals surface area contributed by atoms with Crippen LogP contribution in [0.5, 0.6) is 11.5 Å². The zero-order valence-corrected chi connectivity index (χ0v) is 14.9. The number of nitrogens with one attached hydrogen (secondary N) is 2. The molecule has 0 heterocycles. The van der Waals surface area contributed by atoms with Gasteiger partial charge in [-0.25, -0.2) is 0 Å². The number of nitrogens with zero attached hydrogens (tertiary/aromatic N) is 2. The summed E-state index contributed by atoms with van der Waals surface area (Å²) >= 11 is 0. The Morgan fingerprint density at radius 3 is 2.08 bits per heavy atom. The minimum atomic E-state index is 0.00597. The highest BCUT2D eigenvalue weighted by atomic mass is 16.5. The van der Waals surface area contributed by atoms with Crippen LogP contribution < -0.4 is 20.1 Å². The predicted octanol–water partition coefficient (Wildman–Crippen LogP) is 2.69. The zero-order valence-electron chi connectivity index (χ0n) is 14.9. The molecule has 0 radical (unpaired) electrons. The molecule has 0 amide bonds. The summed E-state index contributed by atoms with van der Waals surface area (Å²) in [6.07, 6.45) is 0. The molecule has 0 aliphatic rings. The lowest BCUT2D eigenvalue weighted by atomic mass is 9.97. The van der Waals surface area contributed by atoms with Gasteiger partial charge in [0.25, 0.3) is 0 Å². The monoisotopic (exact) mass is 328 g/mol. The third kappa shape index (κ3) is 5.73. The first-order valence-electron chi connectivity index (χ1n) is 7.57. The molecule has 6 heteroatoms. The van der Waals surface area contributed by atoms with Gasteiger partial charge in [0.15, 0.2) is 11.5 Å². The maximum absolute atomic E-state index is 9.31. The van der Waals surface area contributed by atoms with Crippen LogP contribution in [0.4, 0.5) is 0 Å². The van der Waals surface area contributed by atoms with Crippen molar-refractivity contribution < 1.29 is 9.47 Å². The number of benzene rings is 1. The molecular weight excluding hydrogens is 304 g/mol. The van der Waals surface area contributed by atoms with E-state index in [-0.39, 0.29) is 16.8 Å². The molecule has 0 aromatic heterocycles. The quantitative estimate of drug-likeness (QED) is 0.748. The minimum Gasteiger partial charge on any atom is -0.493 e. The van der Waals surface area contributed by atoms with Gasteiger partial charge in [-0.1, -0.05) is 26.8 Å². The van der Waals surface area contributed by atoms with E-state index in [4.69, 9.17) is 9.47 Å². The fourth-order valence-corrected chi connectivity index (χ4v) is 1.90. The van der Waals surface area contributed by atoms with Gasteiger partial charge >= 0.3 is 0 Å². The largest absolute Gasteiger partial charge is 0.493 e. The molecule has 0 saturated carbocycles. The van der Waals surface area contributed by atoms with Gasteiger partial charge < -0.3 is 20.1 Å². The van der Waals surface area contributed by atoms with Gasteiger partial charge in [-0.15, -0.1) is 0 Å². The van der Waals surface area contributed by atoms with E-state index in [9.17, 15) is 10.5 Å². The number of hydrogen-bond acceptors (Lipinski definition) is 6. The molecule has 1 rings (SSSR count). The Balaban J connectivity index is 2.87. The van der Waals surface area contributed by atoms with E-state index in [0.717, 1.165) is 5.56 Å². The molecule has 0 bridgehead atoms. The van der Waals surface area contributed by atoms with E-state index in [1.54, 1.807) is 20.3 Å². The summed E-state index contributed by atoms with van der Waals surface area (Å²) in [5.74, 6) is 1.26. The van der Waals surface area contributed by atoms with E-state index >= 15 is 0 Å². The van der Waals surface area contributed by atoms with Crippen molar-refractivity contribution in [3.63, 3.8) is 0 Å². The molecule has 0 atom stereocenters. The lowest BCUT2D eigenvalue weighted by Crippen LogP contribution is -2.28. The van der Waals surface area contributed by atoms with Crippen molar-refractivity contribution in [2.75, 3.05) is 20.8 Å². The molecule has 0 spiro atoms. The molecule has 1 aromatic carbocycles. The smallest absolute Gasteiger partial charge is 0.161 e. The Morgan fingerprint density at radius 1 is 1.00 bits per heavy atom. The summed E-state index contributed by atoms with van der Waals surface area (Å²) in [6.45, 7) is 7.15. The van der Waals surface area contributed by atoms with Gasteiger partial charge in [-0.3, -0.25) is 0 Å². The summed E-state index contributed by atoms with van der Waals surface area (Å²) in [7, 11) is 3.15. The first-order chi connectivity index (χ1) is 11.3. The second-order valence-corrected chi connectivity index (χ2v) is 6.43. The first-order valence-corrected chi connectivity index (χ1v) is 7.57. The van der Waals surface area contributed by atoms with E-state index in [1.165, 1.54) is 0 Å². The topological polar surface area (TPSA) is 90.1 Å². The second kappa shape index (κ2) is 8.69. The highest BCUT2D eigenvalue weighted by molar-refractivity contribution is 5.43. The summed E-state index contributed by atoms with van der Waals surface area (Å²) in [4.78, 5) is 0. The average Bonchev–Trinajstić information content (AvgIpc) is 2.56. The van der Waals surface area contributed by atoms with Gasteiger partial charge in [0, 0.05) is 13.1 Å². The zero-order chi connectivity index (χ0) is 18.2. The van der Waals surface area contributed by atoms with E-state index < -0.39 is 0 Å². The number of allylic oxidation sites excluding steroid dienone is 2. The third-order valence-corrected chi connectivity index (χ3v) is 3.19. The molecule has 2 N–H and O–H groups in total. The molecule has 1 aromatic rings. The molecule has 128 valence electrons. The second-order valence-electron chi connectivity index (χ2n) is 6.43. The van der Waals surface area contributed by atoms with Crippen molar-refractivity contribution in [3.8, 4) is 23.6 Å². The molecular formula is C18H24N4O2. The van der Waals surface area contributed by atoms with Crippen LogP contribution >= 0.6 is 0 Å². The maximum Gasteiger partial charge on any atom is 0.161 e. The Labute approximate surface area is 143 Å². The SMILES string of the molecule is COc1ccc(CN/C(C#N)=C(\C#N)NCC(C)(C)C)cc1OC. The van der Waals surface area contributed by atoms with Crippen molar-refractivity contribution in [3.05, 3.63) is 35.2 Å². The Kier molecular flexibility index (Phi) is 6.95. The highest BCUT2D eigenvalue weighted by Gasteiger charge is 2.13. The number of rotatable bonds is 7.